The second-order valence-electron chi connectivity index (χ2n) is 4.12. The number of hydrogen-bond acceptors (Lipinski definition) is 2. The first-order chi connectivity index (χ1) is 9.08. The first-order valence-corrected chi connectivity index (χ1v) is 5.64. The summed E-state index contributed by atoms with van der Waals surface area (Å²) in [6, 6.07) is 6.30. The van der Waals surface area contributed by atoms with Gasteiger partial charge in [-0.2, -0.15) is 0 Å². The van der Waals surface area contributed by atoms with Crippen molar-refractivity contribution < 1.29 is 18.7 Å². The van der Waals surface area contributed by atoms with Crippen molar-refractivity contribution in [3.05, 3.63) is 65.5 Å². The zero-order valence-corrected chi connectivity index (χ0v) is 9.88. The molecule has 3 nitrogen and oxygen atoms in total. The van der Waals surface area contributed by atoms with E-state index in [1.807, 2.05) is 0 Å². The van der Waals surface area contributed by atoms with Gasteiger partial charge >= 0.3 is 5.97 Å². The summed E-state index contributed by atoms with van der Waals surface area (Å²) in [4.78, 5) is 15.1. The summed E-state index contributed by atoms with van der Waals surface area (Å²) in [6.07, 6.45) is 3.20. The third-order valence-corrected chi connectivity index (χ3v) is 2.80. The highest BCUT2D eigenvalue weighted by Gasteiger charge is 2.23. The molecule has 1 heterocycles. The number of pyridine rings is 1. The van der Waals surface area contributed by atoms with Crippen LogP contribution in [0.15, 0.2) is 42.7 Å². The Balaban J connectivity index is 2.33. The minimum absolute atomic E-state index is 0.0299. The van der Waals surface area contributed by atoms with E-state index in [1.54, 1.807) is 18.3 Å². The lowest BCUT2D eigenvalue weighted by Crippen LogP contribution is -2.16. The largest absolute Gasteiger partial charge is 0.481 e. The van der Waals surface area contributed by atoms with Gasteiger partial charge in [0.1, 0.15) is 11.6 Å². The van der Waals surface area contributed by atoms with Gasteiger partial charge in [-0.05, 0) is 24.1 Å². The van der Waals surface area contributed by atoms with E-state index in [-0.39, 0.29) is 12.0 Å². The lowest BCUT2D eigenvalue weighted by molar-refractivity contribution is -0.138. The average Bonchev–Trinajstić information content (AvgIpc) is 2.38. The molecule has 1 unspecified atom stereocenters. The second kappa shape index (κ2) is 5.56. The lowest BCUT2D eigenvalue weighted by atomic mass is 9.92. The van der Waals surface area contributed by atoms with Gasteiger partial charge in [-0.25, -0.2) is 8.78 Å². The van der Waals surface area contributed by atoms with E-state index in [9.17, 15) is 18.7 Å². The molecule has 0 aliphatic rings. The van der Waals surface area contributed by atoms with Crippen LogP contribution in [0.2, 0.25) is 0 Å². The normalized spacial score (nSPS) is 12.1. The fraction of sp³-hybridized carbons (Fsp3) is 0.143. The van der Waals surface area contributed by atoms with Gasteiger partial charge in [-0.15, -0.1) is 0 Å². The Kier molecular flexibility index (Phi) is 3.85. The van der Waals surface area contributed by atoms with Gasteiger partial charge in [0.2, 0.25) is 0 Å². The molecule has 0 aliphatic carbocycles. The summed E-state index contributed by atoms with van der Waals surface area (Å²) in [6.45, 7) is 0. The number of carboxylic acids is 1. The van der Waals surface area contributed by atoms with E-state index in [2.05, 4.69) is 4.98 Å². The SMILES string of the molecule is O=C(O)C(Cc1cccnc1)c1ccc(F)cc1F. The molecule has 1 N–H and O–H groups in total. The van der Waals surface area contributed by atoms with Crippen molar-refractivity contribution >= 4 is 5.97 Å². The molecule has 0 bridgehead atoms. The number of hydrogen-bond donors (Lipinski definition) is 1. The zero-order chi connectivity index (χ0) is 13.8. The number of carboxylic acid groups (broad SMARTS) is 1. The topological polar surface area (TPSA) is 50.2 Å². The van der Waals surface area contributed by atoms with Crippen molar-refractivity contribution in [3.63, 3.8) is 0 Å². The molecule has 0 saturated heterocycles. The lowest BCUT2D eigenvalue weighted by Gasteiger charge is -2.13. The Hall–Kier alpha value is -2.30. The average molecular weight is 263 g/mol. The Labute approximate surface area is 108 Å². The highest BCUT2D eigenvalue weighted by molar-refractivity contribution is 5.76. The van der Waals surface area contributed by atoms with E-state index in [0.717, 1.165) is 6.07 Å². The molecule has 1 aromatic heterocycles. The Morgan fingerprint density at radius 1 is 1.32 bits per heavy atom. The summed E-state index contributed by atoms with van der Waals surface area (Å²) >= 11 is 0. The fourth-order valence-corrected chi connectivity index (χ4v) is 1.87. The van der Waals surface area contributed by atoms with Crippen LogP contribution in [0, 0.1) is 11.6 Å². The number of aromatic nitrogens is 1. The van der Waals surface area contributed by atoms with Crippen LogP contribution in [-0.2, 0) is 11.2 Å². The van der Waals surface area contributed by atoms with E-state index in [4.69, 9.17) is 0 Å². The van der Waals surface area contributed by atoms with Crippen molar-refractivity contribution in [2.75, 3.05) is 0 Å². The van der Waals surface area contributed by atoms with Crippen molar-refractivity contribution in [1.29, 1.82) is 0 Å². The molecule has 0 radical (unpaired) electrons. The molecular weight excluding hydrogens is 252 g/mol. The molecule has 1 aromatic carbocycles. The summed E-state index contributed by atoms with van der Waals surface area (Å²) < 4.78 is 26.5. The number of aliphatic carboxylic acids is 1. The maximum Gasteiger partial charge on any atom is 0.311 e. The summed E-state index contributed by atoms with van der Waals surface area (Å²) in [5.41, 5.74) is 0.649. The summed E-state index contributed by atoms with van der Waals surface area (Å²) in [5, 5.41) is 9.20. The molecule has 98 valence electrons. The zero-order valence-electron chi connectivity index (χ0n) is 9.88. The Morgan fingerprint density at radius 3 is 2.68 bits per heavy atom. The number of nitrogens with zero attached hydrogens (tertiary/aromatic N) is 1. The summed E-state index contributed by atoms with van der Waals surface area (Å²) in [5.74, 6) is -3.80. The van der Waals surface area contributed by atoms with Crippen molar-refractivity contribution in [1.82, 2.24) is 4.98 Å². The van der Waals surface area contributed by atoms with Gasteiger partial charge in [0, 0.05) is 24.0 Å². The van der Waals surface area contributed by atoms with E-state index in [1.165, 1.54) is 12.3 Å². The van der Waals surface area contributed by atoms with E-state index < -0.39 is 23.5 Å². The van der Waals surface area contributed by atoms with E-state index in [0.29, 0.717) is 11.6 Å². The molecule has 1 atom stereocenters. The van der Waals surface area contributed by atoms with Crippen LogP contribution < -0.4 is 0 Å². The quantitative estimate of drug-likeness (QED) is 0.922. The van der Waals surface area contributed by atoms with E-state index >= 15 is 0 Å². The van der Waals surface area contributed by atoms with Crippen LogP contribution in [-0.4, -0.2) is 16.1 Å². The standard InChI is InChI=1S/C14H11F2NO2/c15-10-3-4-11(13(16)7-10)12(14(18)19)6-9-2-1-5-17-8-9/h1-5,7-8,12H,6H2,(H,18,19). The number of rotatable bonds is 4. The Morgan fingerprint density at radius 2 is 2.11 bits per heavy atom. The van der Waals surface area contributed by atoms with Crippen LogP contribution in [0.5, 0.6) is 0 Å². The minimum Gasteiger partial charge on any atom is -0.481 e. The molecule has 0 fully saturated rings. The highest BCUT2D eigenvalue weighted by Crippen LogP contribution is 2.24. The first kappa shape index (κ1) is 13.1. The van der Waals surface area contributed by atoms with Crippen molar-refractivity contribution in [2.24, 2.45) is 0 Å². The molecule has 0 spiro atoms. The van der Waals surface area contributed by atoms with Crippen molar-refractivity contribution in [2.45, 2.75) is 12.3 Å². The molecule has 5 heteroatoms. The minimum atomic E-state index is -1.16. The Bertz CT molecular complexity index is 587. The van der Waals surface area contributed by atoms with Crippen LogP contribution in [0.4, 0.5) is 8.78 Å². The summed E-state index contributed by atoms with van der Waals surface area (Å²) in [7, 11) is 0. The van der Waals surface area contributed by atoms with Crippen LogP contribution in [0.1, 0.15) is 17.0 Å². The fourth-order valence-electron chi connectivity index (χ4n) is 1.87. The maximum absolute atomic E-state index is 13.6. The predicted molar refractivity (Wildman–Crippen MR) is 64.7 cm³/mol. The van der Waals surface area contributed by atoms with Crippen LogP contribution in [0.25, 0.3) is 0 Å². The predicted octanol–water partition coefficient (Wildman–Crippen LogP) is 2.77. The first-order valence-electron chi connectivity index (χ1n) is 5.64. The van der Waals surface area contributed by atoms with Gasteiger partial charge < -0.3 is 5.11 Å². The van der Waals surface area contributed by atoms with Gasteiger partial charge in [-0.3, -0.25) is 9.78 Å². The maximum atomic E-state index is 13.6. The van der Waals surface area contributed by atoms with Crippen molar-refractivity contribution in [3.8, 4) is 0 Å². The molecular formula is C14H11F2NO2. The molecule has 0 aliphatic heterocycles. The molecule has 2 aromatic rings. The molecule has 2 rings (SSSR count). The van der Waals surface area contributed by atoms with Crippen LogP contribution in [0.3, 0.4) is 0 Å². The molecule has 0 amide bonds. The van der Waals surface area contributed by atoms with Crippen LogP contribution >= 0.6 is 0 Å². The third kappa shape index (κ3) is 3.13. The highest BCUT2D eigenvalue weighted by atomic mass is 19.1. The monoisotopic (exact) mass is 263 g/mol. The smallest absolute Gasteiger partial charge is 0.311 e. The molecule has 0 saturated carbocycles. The third-order valence-electron chi connectivity index (χ3n) is 2.80. The van der Waals surface area contributed by atoms with Gasteiger partial charge in [0.05, 0.1) is 5.92 Å². The van der Waals surface area contributed by atoms with Gasteiger partial charge in [-0.1, -0.05) is 12.1 Å². The number of carbonyl (C=O) groups is 1. The number of benzene rings is 1. The van der Waals surface area contributed by atoms with Gasteiger partial charge in [0.15, 0.2) is 0 Å². The number of halogens is 2. The molecule has 19 heavy (non-hydrogen) atoms. The second-order valence-corrected chi connectivity index (χ2v) is 4.12. The van der Waals surface area contributed by atoms with Gasteiger partial charge in [0.25, 0.3) is 0 Å².